The van der Waals surface area contributed by atoms with Crippen molar-refractivity contribution in [3.63, 3.8) is 0 Å². The molecule has 0 radical (unpaired) electrons. The molecule has 17 heavy (non-hydrogen) atoms. The van der Waals surface area contributed by atoms with Crippen LogP contribution < -0.4 is 5.73 Å². The summed E-state index contributed by atoms with van der Waals surface area (Å²) in [5.41, 5.74) is 7.67. The van der Waals surface area contributed by atoms with Crippen LogP contribution in [-0.2, 0) is 0 Å². The van der Waals surface area contributed by atoms with Crippen LogP contribution in [0.5, 0.6) is 0 Å². The average molecular weight is 241 g/mol. The number of aromatic nitrogens is 2. The summed E-state index contributed by atoms with van der Waals surface area (Å²) in [6.07, 6.45) is 3.96. The molecule has 3 rings (SSSR count). The third kappa shape index (κ3) is 1.57. The Hall–Kier alpha value is -1.94. The van der Waals surface area contributed by atoms with Gasteiger partial charge in [-0.15, -0.1) is 11.3 Å². The van der Waals surface area contributed by atoms with Gasteiger partial charge < -0.3 is 5.73 Å². The van der Waals surface area contributed by atoms with Crippen molar-refractivity contribution in [2.24, 2.45) is 0 Å². The van der Waals surface area contributed by atoms with Crippen LogP contribution in [0.2, 0.25) is 0 Å². The maximum atomic E-state index is 5.94. The molecule has 0 amide bonds. The summed E-state index contributed by atoms with van der Waals surface area (Å²) in [5, 5.41) is 2.08. The molecular formula is C13H11N3S. The SMILES string of the molecule is C/C=C/c1nc2c(N)nc3ccccc3c2s1. The second-order valence-electron chi connectivity index (χ2n) is 3.74. The number of fused-ring (bicyclic) bond motifs is 3. The Bertz CT molecular complexity index is 728. The van der Waals surface area contributed by atoms with E-state index in [0.29, 0.717) is 5.82 Å². The Labute approximate surface area is 103 Å². The standard InChI is InChI=1S/C13H11N3S/c1-2-5-10-16-11-12(17-10)8-6-3-4-7-9(8)15-13(11)14/h2-7H,1H3,(H2,14,15)/b5-2+. The van der Waals surface area contributed by atoms with Gasteiger partial charge in [-0.1, -0.05) is 24.3 Å². The van der Waals surface area contributed by atoms with Crippen LogP contribution >= 0.6 is 11.3 Å². The first-order chi connectivity index (χ1) is 8.29. The van der Waals surface area contributed by atoms with Crippen LogP contribution in [0.1, 0.15) is 11.9 Å². The number of nitrogen functional groups attached to an aromatic ring is 1. The van der Waals surface area contributed by atoms with E-state index in [2.05, 4.69) is 16.0 Å². The minimum absolute atomic E-state index is 0.505. The van der Waals surface area contributed by atoms with Gasteiger partial charge in [0, 0.05) is 5.39 Å². The Morgan fingerprint density at radius 2 is 2.06 bits per heavy atom. The van der Waals surface area contributed by atoms with Gasteiger partial charge in [-0.05, 0) is 19.1 Å². The molecule has 2 aromatic heterocycles. The number of thiazole rings is 1. The van der Waals surface area contributed by atoms with Crippen molar-refractivity contribution >= 4 is 44.4 Å². The van der Waals surface area contributed by atoms with Gasteiger partial charge in [0.15, 0.2) is 5.82 Å². The lowest BCUT2D eigenvalue weighted by molar-refractivity contribution is 1.39. The maximum absolute atomic E-state index is 5.94. The van der Waals surface area contributed by atoms with E-state index in [4.69, 9.17) is 5.73 Å². The van der Waals surface area contributed by atoms with E-state index in [0.717, 1.165) is 26.1 Å². The quantitative estimate of drug-likeness (QED) is 0.709. The highest BCUT2D eigenvalue weighted by molar-refractivity contribution is 7.20. The van der Waals surface area contributed by atoms with E-state index < -0.39 is 0 Å². The lowest BCUT2D eigenvalue weighted by Crippen LogP contribution is -1.92. The zero-order chi connectivity index (χ0) is 11.8. The third-order valence-corrected chi connectivity index (χ3v) is 3.64. The molecule has 0 saturated heterocycles. The Morgan fingerprint density at radius 3 is 2.88 bits per heavy atom. The van der Waals surface area contributed by atoms with Crippen LogP contribution in [-0.4, -0.2) is 9.97 Å². The van der Waals surface area contributed by atoms with Crippen molar-refractivity contribution in [2.75, 3.05) is 5.73 Å². The fraction of sp³-hybridized carbons (Fsp3) is 0.0769. The number of nitrogens with zero attached hydrogens (tertiary/aromatic N) is 2. The van der Waals surface area contributed by atoms with E-state index in [1.165, 1.54) is 0 Å². The molecule has 2 N–H and O–H groups in total. The van der Waals surface area contributed by atoms with Gasteiger partial charge >= 0.3 is 0 Å². The summed E-state index contributed by atoms with van der Waals surface area (Å²) in [5.74, 6) is 0.505. The first kappa shape index (κ1) is 10.2. The minimum atomic E-state index is 0.505. The fourth-order valence-corrected chi connectivity index (χ4v) is 2.93. The summed E-state index contributed by atoms with van der Waals surface area (Å²) in [6, 6.07) is 8.01. The molecule has 2 heterocycles. The first-order valence-electron chi connectivity index (χ1n) is 5.37. The highest BCUT2D eigenvalue weighted by Crippen LogP contribution is 2.32. The predicted molar refractivity (Wildman–Crippen MR) is 74.0 cm³/mol. The zero-order valence-electron chi connectivity index (χ0n) is 9.34. The van der Waals surface area contributed by atoms with Gasteiger partial charge in [0.25, 0.3) is 0 Å². The molecule has 0 aliphatic carbocycles. The average Bonchev–Trinajstić information content (AvgIpc) is 2.74. The number of para-hydroxylation sites is 1. The van der Waals surface area contributed by atoms with E-state index in [9.17, 15) is 0 Å². The lowest BCUT2D eigenvalue weighted by Gasteiger charge is -1.99. The number of rotatable bonds is 1. The third-order valence-electron chi connectivity index (χ3n) is 2.59. The van der Waals surface area contributed by atoms with Crippen LogP contribution in [0.15, 0.2) is 30.3 Å². The number of nitrogens with two attached hydrogens (primary N) is 1. The summed E-state index contributed by atoms with van der Waals surface area (Å²) < 4.78 is 1.11. The van der Waals surface area contributed by atoms with Crippen molar-refractivity contribution < 1.29 is 0 Å². The molecule has 0 fully saturated rings. The molecule has 3 nitrogen and oxygen atoms in total. The Balaban J connectivity index is 2.47. The minimum Gasteiger partial charge on any atom is -0.382 e. The Morgan fingerprint density at radius 1 is 1.24 bits per heavy atom. The van der Waals surface area contributed by atoms with Crippen molar-refractivity contribution in [1.29, 1.82) is 0 Å². The van der Waals surface area contributed by atoms with Crippen molar-refractivity contribution in [3.8, 4) is 0 Å². The molecule has 0 unspecified atom stereocenters. The second-order valence-corrected chi connectivity index (χ2v) is 4.77. The van der Waals surface area contributed by atoms with Gasteiger partial charge in [-0.2, -0.15) is 0 Å². The zero-order valence-corrected chi connectivity index (χ0v) is 10.2. The molecule has 0 aliphatic rings. The smallest absolute Gasteiger partial charge is 0.151 e. The van der Waals surface area contributed by atoms with Gasteiger partial charge in [0.2, 0.25) is 0 Å². The topological polar surface area (TPSA) is 51.8 Å². The van der Waals surface area contributed by atoms with E-state index in [-0.39, 0.29) is 0 Å². The fourth-order valence-electron chi connectivity index (χ4n) is 1.85. The molecule has 3 aromatic rings. The van der Waals surface area contributed by atoms with E-state index in [1.807, 2.05) is 37.3 Å². The Kier molecular flexibility index (Phi) is 2.30. The molecule has 0 saturated carbocycles. The van der Waals surface area contributed by atoms with Crippen molar-refractivity contribution in [3.05, 3.63) is 35.3 Å². The van der Waals surface area contributed by atoms with Gasteiger partial charge in [0.1, 0.15) is 10.5 Å². The largest absolute Gasteiger partial charge is 0.382 e. The molecule has 1 aromatic carbocycles. The first-order valence-corrected chi connectivity index (χ1v) is 6.18. The van der Waals surface area contributed by atoms with E-state index in [1.54, 1.807) is 11.3 Å². The van der Waals surface area contributed by atoms with Gasteiger partial charge in [0.05, 0.1) is 10.2 Å². The number of allylic oxidation sites excluding steroid dienone is 1. The van der Waals surface area contributed by atoms with Crippen molar-refractivity contribution in [2.45, 2.75) is 6.92 Å². The highest BCUT2D eigenvalue weighted by atomic mass is 32.1. The van der Waals surface area contributed by atoms with Gasteiger partial charge in [-0.25, -0.2) is 9.97 Å². The van der Waals surface area contributed by atoms with Crippen LogP contribution in [0.3, 0.4) is 0 Å². The highest BCUT2D eigenvalue weighted by Gasteiger charge is 2.10. The molecule has 0 spiro atoms. The molecular weight excluding hydrogens is 230 g/mol. The normalized spacial score (nSPS) is 11.8. The second kappa shape index (κ2) is 3.82. The summed E-state index contributed by atoms with van der Waals surface area (Å²) in [7, 11) is 0. The number of hydrogen-bond donors (Lipinski definition) is 1. The lowest BCUT2D eigenvalue weighted by atomic mass is 10.2. The molecule has 0 aliphatic heterocycles. The number of pyridine rings is 1. The van der Waals surface area contributed by atoms with Crippen LogP contribution in [0, 0.1) is 0 Å². The number of hydrogen-bond acceptors (Lipinski definition) is 4. The molecule has 0 bridgehead atoms. The van der Waals surface area contributed by atoms with E-state index >= 15 is 0 Å². The van der Waals surface area contributed by atoms with Crippen LogP contribution in [0.25, 0.3) is 27.2 Å². The maximum Gasteiger partial charge on any atom is 0.151 e. The summed E-state index contributed by atoms with van der Waals surface area (Å²) in [4.78, 5) is 8.87. The molecule has 4 heteroatoms. The number of anilines is 1. The number of benzene rings is 1. The van der Waals surface area contributed by atoms with Crippen LogP contribution in [0.4, 0.5) is 5.82 Å². The van der Waals surface area contributed by atoms with Crippen molar-refractivity contribution in [1.82, 2.24) is 9.97 Å². The molecule has 84 valence electrons. The molecule has 0 atom stereocenters. The van der Waals surface area contributed by atoms with Gasteiger partial charge in [-0.3, -0.25) is 0 Å². The predicted octanol–water partition coefficient (Wildman–Crippen LogP) is 3.46. The summed E-state index contributed by atoms with van der Waals surface area (Å²) in [6.45, 7) is 1.98. The summed E-state index contributed by atoms with van der Waals surface area (Å²) >= 11 is 1.65. The monoisotopic (exact) mass is 241 g/mol.